The Bertz CT molecular complexity index is 1470. The second-order valence-corrected chi connectivity index (χ2v) is 7.47. The molecule has 2 aromatic carbocycles. The van der Waals surface area contributed by atoms with Gasteiger partial charge in [0.1, 0.15) is 5.75 Å². The van der Waals surface area contributed by atoms with E-state index in [0.717, 1.165) is 33.4 Å². The number of aromatic nitrogens is 4. The van der Waals surface area contributed by atoms with Crippen LogP contribution in [-0.4, -0.2) is 26.9 Å². The van der Waals surface area contributed by atoms with Crippen LogP contribution in [0.5, 0.6) is 5.75 Å². The fourth-order valence-corrected chi connectivity index (χ4v) is 3.58. The standard InChI is InChI=1S/C26H20N4O2/c1-17-5-7-19(8-6-17)23-13-14-24(31)30(29-23)26-22(18-9-11-21(32-2)12-10-18)16-20-4-3-15-27-25(20)28-26/h3-16H,1-2H3. The minimum atomic E-state index is -0.265. The van der Waals surface area contributed by atoms with Gasteiger partial charge in [-0.3, -0.25) is 4.79 Å². The van der Waals surface area contributed by atoms with Crippen molar-refractivity contribution in [1.29, 1.82) is 0 Å². The third-order valence-electron chi connectivity index (χ3n) is 5.32. The molecular weight excluding hydrogens is 400 g/mol. The van der Waals surface area contributed by atoms with Crippen LogP contribution in [0.25, 0.3) is 39.2 Å². The summed E-state index contributed by atoms with van der Waals surface area (Å²) >= 11 is 0. The summed E-state index contributed by atoms with van der Waals surface area (Å²) in [7, 11) is 1.63. The Balaban J connectivity index is 1.75. The number of rotatable bonds is 4. The van der Waals surface area contributed by atoms with E-state index in [1.54, 1.807) is 19.4 Å². The van der Waals surface area contributed by atoms with Gasteiger partial charge in [-0.05, 0) is 48.9 Å². The van der Waals surface area contributed by atoms with Crippen LogP contribution in [0.15, 0.2) is 89.9 Å². The molecule has 6 heteroatoms. The molecule has 0 aliphatic carbocycles. The Morgan fingerprint density at radius 1 is 0.875 bits per heavy atom. The molecule has 3 aromatic heterocycles. The minimum Gasteiger partial charge on any atom is -0.497 e. The molecule has 156 valence electrons. The normalized spacial score (nSPS) is 10.9. The summed E-state index contributed by atoms with van der Waals surface area (Å²) in [5.74, 6) is 1.18. The molecule has 5 rings (SSSR count). The molecule has 32 heavy (non-hydrogen) atoms. The predicted molar refractivity (Wildman–Crippen MR) is 125 cm³/mol. The summed E-state index contributed by atoms with van der Waals surface area (Å²) in [6.07, 6.45) is 1.69. The number of hydrogen-bond donors (Lipinski definition) is 0. The summed E-state index contributed by atoms with van der Waals surface area (Å²) in [6, 6.07) is 24.7. The zero-order chi connectivity index (χ0) is 22.1. The lowest BCUT2D eigenvalue weighted by molar-refractivity contribution is 0.415. The molecule has 0 saturated heterocycles. The lowest BCUT2D eigenvalue weighted by Crippen LogP contribution is -2.22. The molecule has 3 heterocycles. The van der Waals surface area contributed by atoms with Crippen LogP contribution in [-0.2, 0) is 0 Å². The number of fused-ring (bicyclic) bond motifs is 1. The number of methoxy groups -OCH3 is 1. The maximum atomic E-state index is 12.9. The Labute approximate surface area is 184 Å². The van der Waals surface area contributed by atoms with Gasteiger partial charge in [0.2, 0.25) is 0 Å². The van der Waals surface area contributed by atoms with E-state index in [9.17, 15) is 4.79 Å². The Morgan fingerprint density at radius 2 is 1.62 bits per heavy atom. The van der Waals surface area contributed by atoms with Crippen molar-refractivity contribution in [3.8, 4) is 34.0 Å². The second kappa shape index (κ2) is 8.07. The lowest BCUT2D eigenvalue weighted by Gasteiger charge is -2.13. The van der Waals surface area contributed by atoms with Gasteiger partial charge in [0.25, 0.3) is 5.56 Å². The highest BCUT2D eigenvalue weighted by Crippen LogP contribution is 2.29. The molecule has 0 atom stereocenters. The number of ether oxygens (including phenoxy) is 1. The number of pyridine rings is 2. The molecule has 0 bridgehead atoms. The number of nitrogens with zero attached hydrogens (tertiary/aromatic N) is 4. The highest BCUT2D eigenvalue weighted by Gasteiger charge is 2.15. The summed E-state index contributed by atoms with van der Waals surface area (Å²) in [5.41, 5.74) is 4.73. The van der Waals surface area contributed by atoms with Gasteiger partial charge in [-0.2, -0.15) is 9.78 Å². The van der Waals surface area contributed by atoms with E-state index in [1.807, 2.05) is 73.7 Å². The van der Waals surface area contributed by atoms with Crippen LogP contribution >= 0.6 is 0 Å². The molecule has 0 spiro atoms. The number of benzene rings is 2. The Hall–Kier alpha value is -4.32. The van der Waals surface area contributed by atoms with E-state index in [1.165, 1.54) is 10.7 Å². The van der Waals surface area contributed by atoms with Crippen molar-refractivity contribution in [2.45, 2.75) is 6.92 Å². The fourth-order valence-electron chi connectivity index (χ4n) is 3.58. The molecule has 0 saturated carbocycles. The van der Waals surface area contributed by atoms with Gasteiger partial charge in [0.05, 0.1) is 12.8 Å². The van der Waals surface area contributed by atoms with E-state index < -0.39 is 0 Å². The van der Waals surface area contributed by atoms with Crippen LogP contribution < -0.4 is 10.3 Å². The first-order valence-electron chi connectivity index (χ1n) is 10.2. The Kier molecular flexibility index (Phi) is 4.95. The third kappa shape index (κ3) is 3.63. The first-order chi connectivity index (χ1) is 15.6. The smallest absolute Gasteiger partial charge is 0.272 e. The fraction of sp³-hybridized carbons (Fsp3) is 0.0769. The molecule has 6 nitrogen and oxygen atoms in total. The van der Waals surface area contributed by atoms with Crippen LogP contribution in [0.2, 0.25) is 0 Å². The van der Waals surface area contributed by atoms with Crippen molar-refractivity contribution in [2.24, 2.45) is 0 Å². The molecule has 0 radical (unpaired) electrons. The first kappa shape index (κ1) is 19.6. The molecule has 0 aliphatic heterocycles. The SMILES string of the molecule is COc1ccc(-c2cc3cccnc3nc2-n2nc(-c3ccc(C)cc3)ccc2=O)cc1. The Morgan fingerprint density at radius 3 is 2.38 bits per heavy atom. The van der Waals surface area contributed by atoms with E-state index in [-0.39, 0.29) is 5.56 Å². The van der Waals surface area contributed by atoms with Crippen LogP contribution in [0.4, 0.5) is 0 Å². The van der Waals surface area contributed by atoms with Crippen molar-refractivity contribution in [3.05, 3.63) is 101 Å². The van der Waals surface area contributed by atoms with Crippen molar-refractivity contribution < 1.29 is 4.74 Å². The summed E-state index contributed by atoms with van der Waals surface area (Å²) < 4.78 is 6.64. The average molecular weight is 420 g/mol. The quantitative estimate of drug-likeness (QED) is 0.417. The van der Waals surface area contributed by atoms with Gasteiger partial charge < -0.3 is 4.74 Å². The van der Waals surface area contributed by atoms with Crippen LogP contribution in [0.3, 0.4) is 0 Å². The largest absolute Gasteiger partial charge is 0.497 e. The highest BCUT2D eigenvalue weighted by molar-refractivity contribution is 5.85. The second-order valence-electron chi connectivity index (χ2n) is 7.47. The number of aryl methyl sites for hydroxylation is 1. The highest BCUT2D eigenvalue weighted by atomic mass is 16.5. The van der Waals surface area contributed by atoms with Crippen LogP contribution in [0, 0.1) is 6.92 Å². The first-order valence-corrected chi connectivity index (χ1v) is 10.2. The van der Waals surface area contributed by atoms with Gasteiger partial charge in [-0.15, -0.1) is 0 Å². The lowest BCUT2D eigenvalue weighted by atomic mass is 10.0. The zero-order valence-corrected chi connectivity index (χ0v) is 17.7. The maximum Gasteiger partial charge on any atom is 0.272 e. The van der Waals surface area contributed by atoms with E-state index in [4.69, 9.17) is 9.72 Å². The van der Waals surface area contributed by atoms with E-state index in [0.29, 0.717) is 17.2 Å². The van der Waals surface area contributed by atoms with Gasteiger partial charge in [0.15, 0.2) is 11.5 Å². The van der Waals surface area contributed by atoms with Gasteiger partial charge >= 0.3 is 0 Å². The molecule has 0 N–H and O–H groups in total. The van der Waals surface area contributed by atoms with Crippen LogP contribution in [0.1, 0.15) is 5.56 Å². The van der Waals surface area contributed by atoms with Crippen molar-refractivity contribution in [3.63, 3.8) is 0 Å². The molecule has 0 aliphatic rings. The van der Waals surface area contributed by atoms with Crippen molar-refractivity contribution in [2.75, 3.05) is 7.11 Å². The van der Waals surface area contributed by atoms with E-state index in [2.05, 4.69) is 10.1 Å². The summed E-state index contributed by atoms with van der Waals surface area (Å²) in [5, 5.41) is 5.54. The van der Waals surface area contributed by atoms with Crippen molar-refractivity contribution in [1.82, 2.24) is 19.7 Å². The molecule has 5 aromatic rings. The number of hydrogen-bond acceptors (Lipinski definition) is 5. The third-order valence-corrected chi connectivity index (χ3v) is 5.32. The average Bonchev–Trinajstić information content (AvgIpc) is 2.84. The summed E-state index contributed by atoms with van der Waals surface area (Å²) in [4.78, 5) is 22.0. The molecular formula is C26H20N4O2. The zero-order valence-electron chi connectivity index (χ0n) is 17.7. The van der Waals surface area contributed by atoms with Crippen molar-refractivity contribution >= 4 is 11.0 Å². The van der Waals surface area contributed by atoms with Gasteiger partial charge in [-0.25, -0.2) is 9.97 Å². The monoisotopic (exact) mass is 420 g/mol. The molecule has 0 fully saturated rings. The minimum absolute atomic E-state index is 0.265. The predicted octanol–water partition coefficient (Wildman–Crippen LogP) is 4.83. The molecule has 0 unspecified atom stereocenters. The maximum absolute atomic E-state index is 12.9. The van der Waals surface area contributed by atoms with Gasteiger partial charge in [-0.1, -0.05) is 42.0 Å². The summed E-state index contributed by atoms with van der Waals surface area (Å²) in [6.45, 7) is 2.03. The van der Waals surface area contributed by atoms with E-state index >= 15 is 0 Å². The molecule has 0 amide bonds. The van der Waals surface area contributed by atoms with Gasteiger partial charge in [0, 0.05) is 28.8 Å². The topological polar surface area (TPSA) is 69.9 Å².